The van der Waals surface area contributed by atoms with Crippen LogP contribution in [0.25, 0.3) is 0 Å². The van der Waals surface area contributed by atoms with Crippen LogP contribution in [0, 0.1) is 12.0 Å². The molecule has 13 heavy (non-hydrogen) atoms. The van der Waals surface area contributed by atoms with Gasteiger partial charge in [-0.1, -0.05) is 13.8 Å². The molecule has 0 radical (unpaired) electrons. The van der Waals surface area contributed by atoms with Crippen LogP contribution >= 0.6 is 0 Å². The normalized spacial score (nSPS) is 8.54. The van der Waals surface area contributed by atoms with E-state index in [0.717, 1.165) is 12.4 Å². The Morgan fingerprint density at radius 2 is 2.08 bits per heavy atom. The van der Waals surface area contributed by atoms with Gasteiger partial charge in [0.1, 0.15) is 0 Å². The van der Waals surface area contributed by atoms with Crippen LogP contribution < -0.4 is 17.1 Å². The van der Waals surface area contributed by atoms with E-state index in [1.165, 1.54) is 0 Å². The van der Waals surface area contributed by atoms with Crippen LogP contribution in [-0.2, 0) is 0 Å². The molecule has 1 aromatic rings. The molecule has 0 fully saturated rings. The Hall–Kier alpha value is 0.0762. The van der Waals surface area contributed by atoms with Gasteiger partial charge in [0.2, 0.25) is 0 Å². The molecule has 0 aliphatic carbocycles. The van der Waals surface area contributed by atoms with Gasteiger partial charge in [-0.2, -0.15) is 18.2 Å². The van der Waals surface area contributed by atoms with Crippen LogP contribution in [0.15, 0.2) is 24.3 Å². The second kappa shape index (κ2) is 8.66. The van der Waals surface area contributed by atoms with Crippen molar-refractivity contribution in [3.8, 4) is 5.75 Å². The standard InChI is InChI=1S/C10H13O.ClH.Mg/c1-9(2)8-11-10-6-4-3-5-7-10;;/h3-6,9H,8H2,1-2H3;1H;/q-1;;+2/p-1. The summed E-state index contributed by atoms with van der Waals surface area (Å²) in [7, 11) is 0. The van der Waals surface area contributed by atoms with Crippen LogP contribution in [0.4, 0.5) is 0 Å². The van der Waals surface area contributed by atoms with Gasteiger partial charge in [-0.15, -0.1) is 12.1 Å². The smallest absolute Gasteiger partial charge is 1.00 e. The van der Waals surface area contributed by atoms with Gasteiger partial charge in [0.25, 0.3) is 0 Å². The van der Waals surface area contributed by atoms with Crippen LogP contribution in [0.5, 0.6) is 5.75 Å². The van der Waals surface area contributed by atoms with Crippen molar-refractivity contribution < 1.29 is 17.1 Å². The Kier molecular flexibility index (Phi) is 10.4. The molecule has 1 rings (SSSR count). The molecule has 0 N–H and O–H groups in total. The Morgan fingerprint density at radius 3 is 2.54 bits per heavy atom. The Bertz CT molecular complexity index is 201. The molecule has 0 spiro atoms. The van der Waals surface area contributed by atoms with Crippen molar-refractivity contribution in [2.24, 2.45) is 5.92 Å². The molecular formula is C10H13ClMgO. The first-order valence-corrected chi connectivity index (χ1v) is 3.88. The minimum absolute atomic E-state index is 0. The third-order valence-electron chi connectivity index (χ3n) is 1.25. The van der Waals surface area contributed by atoms with E-state index in [-0.39, 0.29) is 35.5 Å². The van der Waals surface area contributed by atoms with Gasteiger partial charge in [-0.25, -0.2) is 0 Å². The molecule has 0 aliphatic heterocycles. The molecule has 0 unspecified atom stereocenters. The summed E-state index contributed by atoms with van der Waals surface area (Å²) in [6.45, 7) is 5.02. The third kappa shape index (κ3) is 7.17. The number of para-hydroxylation sites is 1. The zero-order chi connectivity index (χ0) is 8.10. The van der Waals surface area contributed by atoms with E-state index in [4.69, 9.17) is 4.74 Å². The van der Waals surface area contributed by atoms with E-state index in [0.29, 0.717) is 5.92 Å². The van der Waals surface area contributed by atoms with E-state index in [1.54, 1.807) is 0 Å². The maximum absolute atomic E-state index is 5.41. The van der Waals surface area contributed by atoms with Gasteiger partial charge >= 0.3 is 23.1 Å². The first kappa shape index (κ1) is 15.5. The Balaban J connectivity index is 0. The summed E-state index contributed by atoms with van der Waals surface area (Å²) in [4.78, 5) is 0. The topological polar surface area (TPSA) is 9.23 Å². The summed E-state index contributed by atoms with van der Waals surface area (Å²) in [6, 6.07) is 10.7. The van der Waals surface area contributed by atoms with Crippen LogP contribution in [-0.4, -0.2) is 29.7 Å². The fourth-order valence-corrected chi connectivity index (χ4v) is 0.723. The van der Waals surface area contributed by atoms with E-state index in [1.807, 2.05) is 24.3 Å². The number of benzene rings is 1. The molecule has 0 aromatic heterocycles. The van der Waals surface area contributed by atoms with E-state index >= 15 is 0 Å². The number of rotatable bonds is 3. The molecule has 0 saturated heterocycles. The van der Waals surface area contributed by atoms with Crippen LogP contribution in [0.1, 0.15) is 13.8 Å². The van der Waals surface area contributed by atoms with Crippen molar-refractivity contribution in [2.75, 3.05) is 6.61 Å². The molecular weight excluding hydrogens is 196 g/mol. The first-order valence-electron chi connectivity index (χ1n) is 3.88. The van der Waals surface area contributed by atoms with Gasteiger partial charge in [0, 0.05) is 5.75 Å². The zero-order valence-corrected chi connectivity index (χ0v) is 10.3. The maximum atomic E-state index is 5.41. The molecule has 0 heterocycles. The average Bonchev–Trinajstić information content (AvgIpc) is 2.03. The second-order valence-electron chi connectivity index (χ2n) is 2.93. The van der Waals surface area contributed by atoms with E-state index in [9.17, 15) is 0 Å². The van der Waals surface area contributed by atoms with Gasteiger partial charge < -0.3 is 17.1 Å². The predicted molar refractivity (Wildman–Crippen MR) is 51.4 cm³/mol. The number of hydrogen-bond acceptors (Lipinski definition) is 1. The second-order valence-corrected chi connectivity index (χ2v) is 2.93. The van der Waals surface area contributed by atoms with Gasteiger partial charge in [-0.3, -0.25) is 0 Å². The van der Waals surface area contributed by atoms with Crippen molar-refractivity contribution in [2.45, 2.75) is 13.8 Å². The van der Waals surface area contributed by atoms with E-state index < -0.39 is 0 Å². The Morgan fingerprint density at radius 1 is 1.38 bits per heavy atom. The summed E-state index contributed by atoms with van der Waals surface area (Å²) in [5.41, 5.74) is 0. The van der Waals surface area contributed by atoms with Crippen molar-refractivity contribution >= 4 is 23.1 Å². The monoisotopic (exact) mass is 208 g/mol. The summed E-state index contributed by atoms with van der Waals surface area (Å²) < 4.78 is 5.41. The maximum Gasteiger partial charge on any atom is 2.00 e. The molecule has 0 atom stereocenters. The largest absolute Gasteiger partial charge is 2.00 e. The number of halogens is 1. The van der Waals surface area contributed by atoms with Gasteiger partial charge in [0.15, 0.2) is 0 Å². The molecule has 1 nitrogen and oxygen atoms in total. The number of ether oxygens (including phenoxy) is 1. The third-order valence-corrected chi connectivity index (χ3v) is 1.25. The van der Waals surface area contributed by atoms with Gasteiger partial charge in [-0.05, 0) is 5.92 Å². The average molecular weight is 209 g/mol. The molecule has 68 valence electrons. The van der Waals surface area contributed by atoms with Crippen molar-refractivity contribution in [3.05, 3.63) is 30.3 Å². The molecule has 0 aliphatic rings. The summed E-state index contributed by atoms with van der Waals surface area (Å²) >= 11 is 0. The first-order chi connectivity index (χ1) is 5.29. The minimum Gasteiger partial charge on any atom is -1.00 e. The quantitative estimate of drug-likeness (QED) is 0.465. The summed E-state index contributed by atoms with van der Waals surface area (Å²) in [6.07, 6.45) is 0. The molecule has 0 saturated carbocycles. The fraction of sp³-hybridized carbons (Fsp3) is 0.400. The minimum atomic E-state index is 0. The zero-order valence-electron chi connectivity index (χ0n) is 8.09. The molecule has 0 bridgehead atoms. The molecule has 0 amide bonds. The van der Waals surface area contributed by atoms with Gasteiger partial charge in [0.05, 0.1) is 6.61 Å². The molecule has 3 heteroatoms. The summed E-state index contributed by atoms with van der Waals surface area (Å²) in [5.74, 6) is 1.41. The Labute approximate surface area is 102 Å². The van der Waals surface area contributed by atoms with Crippen LogP contribution in [0.2, 0.25) is 0 Å². The van der Waals surface area contributed by atoms with E-state index in [2.05, 4.69) is 19.9 Å². The summed E-state index contributed by atoms with van der Waals surface area (Å²) in [5, 5.41) is 0. The van der Waals surface area contributed by atoms with Crippen molar-refractivity contribution in [1.29, 1.82) is 0 Å². The molecule has 1 aromatic carbocycles. The fourth-order valence-electron chi connectivity index (χ4n) is 0.723. The van der Waals surface area contributed by atoms with Crippen molar-refractivity contribution in [1.82, 2.24) is 0 Å². The predicted octanol–water partition coefficient (Wildman–Crippen LogP) is -0.855. The van der Waals surface area contributed by atoms with Crippen LogP contribution in [0.3, 0.4) is 0 Å². The van der Waals surface area contributed by atoms with Crippen molar-refractivity contribution in [3.63, 3.8) is 0 Å². The SMILES string of the molecule is CC(C)COc1[c-]cccc1.[Cl-].[Mg+2]. The number of hydrogen-bond donors (Lipinski definition) is 0.